The number of benzene rings is 2. The molecule has 2 aromatic rings. The second-order valence-electron chi connectivity index (χ2n) is 6.48. The Morgan fingerprint density at radius 2 is 1.54 bits per heavy atom. The van der Waals surface area contributed by atoms with Gasteiger partial charge in [0.2, 0.25) is 0 Å². The maximum atomic E-state index is 12.7. The number of halogens is 1. The van der Waals surface area contributed by atoms with Gasteiger partial charge in [-0.2, -0.15) is 0 Å². The largest absolute Gasteiger partial charge is 0.349 e. The molecule has 0 heterocycles. The number of carbonyl (C=O) groups is 1. The Bertz CT molecular complexity index is 863. The van der Waals surface area contributed by atoms with Crippen LogP contribution < -0.4 is 9.62 Å². The molecule has 140 valence electrons. The number of hydrogen-bond donors (Lipinski definition) is 1. The lowest BCUT2D eigenvalue weighted by Crippen LogP contribution is -2.36. The average Bonchev–Trinajstić information content (AvgIpc) is 2.61. The van der Waals surface area contributed by atoms with Gasteiger partial charge in [-0.1, -0.05) is 25.4 Å². The average molecular weight is 395 g/mol. The van der Waals surface area contributed by atoms with Gasteiger partial charge in [-0.05, 0) is 61.4 Å². The van der Waals surface area contributed by atoms with E-state index in [0.29, 0.717) is 22.2 Å². The van der Waals surface area contributed by atoms with Gasteiger partial charge in [0, 0.05) is 23.7 Å². The molecule has 26 heavy (non-hydrogen) atoms. The van der Waals surface area contributed by atoms with Crippen LogP contribution in [0.2, 0.25) is 5.02 Å². The first-order chi connectivity index (χ1) is 12.1. The topological polar surface area (TPSA) is 66.5 Å². The summed E-state index contributed by atoms with van der Waals surface area (Å²) in [6.07, 6.45) is 0. The summed E-state index contributed by atoms with van der Waals surface area (Å²) in [7, 11) is -2.23. The molecule has 0 fully saturated rings. The molecular weight excluding hydrogens is 372 g/mol. The Labute approximate surface area is 160 Å². The Morgan fingerprint density at radius 3 is 2.04 bits per heavy atom. The highest BCUT2D eigenvalue weighted by Crippen LogP contribution is 2.23. The van der Waals surface area contributed by atoms with Crippen molar-refractivity contribution in [3.63, 3.8) is 0 Å². The van der Waals surface area contributed by atoms with Crippen molar-refractivity contribution < 1.29 is 13.2 Å². The van der Waals surface area contributed by atoms with E-state index in [0.717, 1.165) is 0 Å². The van der Waals surface area contributed by atoms with Gasteiger partial charge in [-0.15, -0.1) is 0 Å². The number of sulfonamides is 1. The van der Waals surface area contributed by atoms with Crippen molar-refractivity contribution in [2.75, 3.05) is 11.4 Å². The van der Waals surface area contributed by atoms with Crippen molar-refractivity contribution in [3.8, 4) is 0 Å². The molecule has 0 saturated carbocycles. The van der Waals surface area contributed by atoms with Crippen molar-refractivity contribution in [2.24, 2.45) is 5.92 Å². The zero-order valence-electron chi connectivity index (χ0n) is 15.2. The summed E-state index contributed by atoms with van der Waals surface area (Å²) in [6.45, 7) is 6.01. The van der Waals surface area contributed by atoms with Crippen molar-refractivity contribution in [3.05, 3.63) is 59.1 Å². The summed E-state index contributed by atoms with van der Waals surface area (Å²) in [5, 5.41) is 3.39. The molecule has 0 saturated heterocycles. The fourth-order valence-corrected chi connectivity index (χ4v) is 3.50. The molecule has 1 amide bonds. The Hall–Kier alpha value is -2.05. The Morgan fingerprint density at radius 1 is 1.00 bits per heavy atom. The molecule has 2 aromatic carbocycles. The highest BCUT2D eigenvalue weighted by molar-refractivity contribution is 7.92. The molecule has 2 rings (SSSR count). The second-order valence-corrected chi connectivity index (χ2v) is 8.89. The number of amides is 1. The van der Waals surface area contributed by atoms with Crippen molar-refractivity contribution >= 4 is 33.2 Å². The number of hydrogen-bond acceptors (Lipinski definition) is 3. The first-order valence-electron chi connectivity index (χ1n) is 8.28. The molecule has 0 radical (unpaired) electrons. The molecule has 7 heteroatoms. The van der Waals surface area contributed by atoms with E-state index in [9.17, 15) is 13.2 Å². The molecule has 0 aliphatic heterocycles. The fraction of sp³-hybridized carbons (Fsp3) is 0.316. The van der Waals surface area contributed by atoms with Gasteiger partial charge in [-0.3, -0.25) is 9.10 Å². The fourth-order valence-electron chi connectivity index (χ4n) is 2.18. The van der Waals surface area contributed by atoms with E-state index >= 15 is 0 Å². The Kier molecular flexibility index (Phi) is 6.31. The van der Waals surface area contributed by atoms with E-state index < -0.39 is 10.0 Å². The number of rotatable bonds is 6. The van der Waals surface area contributed by atoms with Crippen LogP contribution in [-0.2, 0) is 10.0 Å². The summed E-state index contributed by atoms with van der Waals surface area (Å²) in [4.78, 5) is 12.4. The third-order valence-corrected chi connectivity index (χ3v) is 6.38. The van der Waals surface area contributed by atoms with Crippen LogP contribution in [0.4, 0.5) is 5.69 Å². The van der Waals surface area contributed by atoms with Gasteiger partial charge in [0.25, 0.3) is 15.9 Å². The molecule has 0 bridgehead atoms. The van der Waals surface area contributed by atoms with E-state index in [-0.39, 0.29) is 16.8 Å². The predicted molar refractivity (Wildman–Crippen MR) is 105 cm³/mol. The van der Waals surface area contributed by atoms with Crippen LogP contribution in [0.25, 0.3) is 0 Å². The van der Waals surface area contributed by atoms with Crippen LogP contribution in [0.5, 0.6) is 0 Å². The standard InChI is InChI=1S/C19H23ClN2O3S/c1-13(2)14(3)21-19(23)15-5-9-17(10-6-15)22(4)26(24,25)18-11-7-16(20)8-12-18/h5-14H,1-4H3,(H,21,23)/t14-/m1/s1. The molecule has 0 aliphatic rings. The lowest BCUT2D eigenvalue weighted by molar-refractivity contribution is 0.0930. The van der Waals surface area contributed by atoms with E-state index in [4.69, 9.17) is 11.6 Å². The second kappa shape index (κ2) is 8.10. The molecule has 1 N–H and O–H groups in total. The van der Waals surface area contributed by atoms with Crippen molar-refractivity contribution in [2.45, 2.75) is 31.7 Å². The first-order valence-corrected chi connectivity index (χ1v) is 10.1. The minimum absolute atomic E-state index is 0.0510. The summed E-state index contributed by atoms with van der Waals surface area (Å²) in [5.41, 5.74) is 0.951. The van der Waals surface area contributed by atoms with Gasteiger partial charge >= 0.3 is 0 Å². The van der Waals surface area contributed by atoms with E-state index in [1.165, 1.54) is 35.6 Å². The number of nitrogens with one attached hydrogen (secondary N) is 1. The zero-order valence-corrected chi connectivity index (χ0v) is 16.8. The molecule has 0 aromatic heterocycles. The number of nitrogens with zero attached hydrogens (tertiary/aromatic N) is 1. The zero-order chi connectivity index (χ0) is 19.5. The van der Waals surface area contributed by atoms with Gasteiger partial charge in [0.1, 0.15) is 0 Å². The molecule has 1 atom stereocenters. The smallest absolute Gasteiger partial charge is 0.264 e. The number of anilines is 1. The molecular formula is C19H23ClN2O3S. The van der Waals surface area contributed by atoms with Crippen LogP contribution in [0.1, 0.15) is 31.1 Å². The lowest BCUT2D eigenvalue weighted by atomic mass is 10.1. The summed E-state index contributed by atoms with van der Waals surface area (Å²) in [6, 6.07) is 12.5. The van der Waals surface area contributed by atoms with Crippen molar-refractivity contribution in [1.82, 2.24) is 5.32 Å². The Balaban J connectivity index is 2.19. The lowest BCUT2D eigenvalue weighted by Gasteiger charge is -2.20. The third kappa shape index (κ3) is 4.56. The predicted octanol–water partition coefficient (Wildman–Crippen LogP) is 3.94. The molecule has 0 unspecified atom stereocenters. The van der Waals surface area contributed by atoms with Gasteiger partial charge in [-0.25, -0.2) is 8.42 Å². The number of carbonyl (C=O) groups excluding carboxylic acids is 1. The monoisotopic (exact) mass is 394 g/mol. The van der Waals surface area contributed by atoms with E-state index in [1.54, 1.807) is 24.3 Å². The van der Waals surface area contributed by atoms with Gasteiger partial charge in [0.05, 0.1) is 10.6 Å². The van der Waals surface area contributed by atoms with E-state index in [2.05, 4.69) is 5.32 Å². The van der Waals surface area contributed by atoms with Gasteiger partial charge in [0.15, 0.2) is 0 Å². The highest BCUT2D eigenvalue weighted by atomic mass is 35.5. The van der Waals surface area contributed by atoms with Gasteiger partial charge < -0.3 is 5.32 Å². The minimum Gasteiger partial charge on any atom is -0.349 e. The first kappa shape index (κ1) is 20.3. The summed E-state index contributed by atoms with van der Waals surface area (Å²) < 4.78 is 26.5. The van der Waals surface area contributed by atoms with Crippen LogP contribution in [0, 0.1) is 5.92 Å². The SMILES string of the molecule is CC(C)[C@@H](C)NC(=O)c1ccc(N(C)S(=O)(=O)c2ccc(Cl)cc2)cc1. The maximum Gasteiger partial charge on any atom is 0.264 e. The maximum absolute atomic E-state index is 12.7. The van der Waals surface area contributed by atoms with Crippen LogP contribution in [0.15, 0.2) is 53.4 Å². The molecule has 0 aliphatic carbocycles. The van der Waals surface area contributed by atoms with Crippen LogP contribution in [0.3, 0.4) is 0 Å². The normalized spacial score (nSPS) is 12.7. The highest BCUT2D eigenvalue weighted by Gasteiger charge is 2.21. The van der Waals surface area contributed by atoms with Crippen LogP contribution >= 0.6 is 11.6 Å². The van der Waals surface area contributed by atoms with Crippen LogP contribution in [-0.4, -0.2) is 27.4 Å². The van der Waals surface area contributed by atoms with E-state index in [1.807, 2.05) is 20.8 Å². The summed E-state index contributed by atoms with van der Waals surface area (Å²) >= 11 is 5.81. The quantitative estimate of drug-likeness (QED) is 0.806. The molecule has 0 spiro atoms. The summed E-state index contributed by atoms with van der Waals surface area (Å²) in [5.74, 6) is 0.148. The van der Waals surface area contributed by atoms with Crippen molar-refractivity contribution in [1.29, 1.82) is 0 Å². The minimum atomic E-state index is -3.70. The third-order valence-electron chi connectivity index (χ3n) is 4.32. The molecule has 5 nitrogen and oxygen atoms in total.